The molecule has 4 atom stereocenters. The van der Waals surface area contributed by atoms with E-state index in [0.717, 1.165) is 31.0 Å². The monoisotopic (exact) mass is 479 g/mol. The van der Waals surface area contributed by atoms with Crippen LogP contribution in [-0.2, 0) is 22.4 Å². The summed E-state index contributed by atoms with van der Waals surface area (Å²) in [6.07, 6.45) is 5.25. The highest BCUT2D eigenvalue weighted by Gasteiger charge is 2.28. The molecule has 2 aliphatic rings. The Morgan fingerprint density at radius 2 is 2.12 bits per heavy atom. The summed E-state index contributed by atoms with van der Waals surface area (Å²) in [5.41, 5.74) is 1.28. The Balaban J connectivity index is 1.54. The third-order valence-corrected chi connectivity index (χ3v) is 6.55. The third kappa shape index (κ3) is 7.13. The van der Waals surface area contributed by atoms with Crippen LogP contribution in [0.1, 0.15) is 51.2 Å². The van der Waals surface area contributed by atoms with E-state index in [1.807, 2.05) is 13.1 Å². The van der Waals surface area contributed by atoms with Gasteiger partial charge < -0.3 is 30.9 Å². The molecule has 0 saturated carbocycles. The lowest BCUT2D eigenvalue weighted by Crippen LogP contribution is -2.50. The van der Waals surface area contributed by atoms with Gasteiger partial charge in [0.05, 0.1) is 19.3 Å². The van der Waals surface area contributed by atoms with Gasteiger partial charge in [-0.2, -0.15) is 0 Å². The van der Waals surface area contributed by atoms with Crippen LogP contribution in [0.5, 0.6) is 0 Å². The molecule has 1 aliphatic heterocycles. The van der Waals surface area contributed by atoms with Crippen LogP contribution in [0.15, 0.2) is 24.2 Å². The number of amides is 1. The topological polar surface area (TPSA) is 77.7 Å². The van der Waals surface area contributed by atoms with E-state index in [0.29, 0.717) is 43.9 Å². The fraction of sp³-hybridized carbons (Fsp3) is 0.640. The molecule has 4 N–H and O–H groups in total. The van der Waals surface area contributed by atoms with Crippen LogP contribution in [0.4, 0.5) is 8.78 Å². The molecular weight excluding hydrogens is 440 g/mol. The third-order valence-electron chi connectivity index (χ3n) is 6.55. The molecule has 1 aromatic rings. The Kier molecular flexibility index (Phi) is 9.67. The minimum atomic E-state index is -0.535. The first-order valence-corrected chi connectivity index (χ1v) is 12.3. The van der Waals surface area contributed by atoms with Crippen LogP contribution < -0.4 is 21.3 Å². The summed E-state index contributed by atoms with van der Waals surface area (Å²) in [4.78, 5) is 15.2. The first kappa shape index (κ1) is 26.4. The van der Waals surface area contributed by atoms with Crippen molar-refractivity contribution in [3.63, 3.8) is 0 Å². The second-order valence-corrected chi connectivity index (χ2v) is 9.47. The summed E-state index contributed by atoms with van der Waals surface area (Å²) in [6.45, 7) is 8.33. The number of hydrogen-bond donors (Lipinski definition) is 4. The number of rotatable bonds is 12. The molecule has 0 aromatic heterocycles. The molecule has 1 unspecified atom stereocenters. The van der Waals surface area contributed by atoms with Gasteiger partial charge in [-0.15, -0.1) is 0 Å². The predicted molar refractivity (Wildman–Crippen MR) is 129 cm³/mol. The number of benzene rings is 1. The Morgan fingerprint density at radius 1 is 1.32 bits per heavy atom. The van der Waals surface area contributed by atoms with Crippen molar-refractivity contribution in [2.75, 3.05) is 26.9 Å². The Morgan fingerprint density at radius 3 is 2.85 bits per heavy atom. The van der Waals surface area contributed by atoms with E-state index >= 15 is 0 Å². The Bertz CT molecular complexity index is 866. The normalized spacial score (nSPS) is 20.2. The van der Waals surface area contributed by atoms with E-state index in [4.69, 9.17) is 4.74 Å². The maximum atomic E-state index is 14.3. The summed E-state index contributed by atoms with van der Waals surface area (Å²) in [6, 6.07) is 2.46. The van der Waals surface area contributed by atoms with Crippen LogP contribution in [0.25, 0.3) is 0 Å². The molecule has 1 amide bonds. The van der Waals surface area contributed by atoms with Gasteiger partial charge in [-0.1, -0.05) is 13.3 Å². The van der Waals surface area contributed by atoms with Gasteiger partial charge in [0.25, 0.3) is 0 Å². The van der Waals surface area contributed by atoms with Gasteiger partial charge in [-0.3, -0.25) is 4.79 Å². The molecule has 3 rings (SSSR count). The average Bonchev–Trinajstić information content (AvgIpc) is 3.26. The molecule has 1 heterocycles. The number of carbonyl (C=O) groups is 1. The van der Waals surface area contributed by atoms with Crippen molar-refractivity contribution in [3.05, 3.63) is 46.9 Å². The van der Waals surface area contributed by atoms with Crippen molar-refractivity contribution in [1.29, 1.82) is 0 Å². The van der Waals surface area contributed by atoms with E-state index in [2.05, 4.69) is 40.0 Å². The van der Waals surface area contributed by atoms with Crippen LogP contribution >= 0.6 is 0 Å². The number of aryl methyl sites for hydroxylation is 1. The summed E-state index contributed by atoms with van der Waals surface area (Å²) >= 11 is 0. The second-order valence-electron chi connectivity index (χ2n) is 9.47. The van der Waals surface area contributed by atoms with E-state index in [-0.39, 0.29) is 30.1 Å². The van der Waals surface area contributed by atoms with Crippen molar-refractivity contribution in [2.45, 2.75) is 77.0 Å². The summed E-state index contributed by atoms with van der Waals surface area (Å²) in [5, 5.41) is 13.1. The number of nitrogens with zero attached hydrogens (tertiary/aromatic N) is 1. The molecule has 7 nitrogen and oxygen atoms in total. The van der Waals surface area contributed by atoms with Crippen LogP contribution in [-0.4, -0.2) is 61.9 Å². The first-order chi connectivity index (χ1) is 16.3. The minimum absolute atomic E-state index is 0.0306. The molecular formula is C25H39F2N5O2. The van der Waals surface area contributed by atoms with E-state index < -0.39 is 11.6 Å². The van der Waals surface area contributed by atoms with Crippen LogP contribution in [0, 0.1) is 11.6 Å². The smallest absolute Gasteiger partial charge is 0.242 e. The molecule has 0 bridgehead atoms. The quantitative estimate of drug-likeness (QED) is 0.369. The highest BCUT2D eigenvalue weighted by Crippen LogP contribution is 2.25. The minimum Gasteiger partial charge on any atom is -0.383 e. The molecule has 34 heavy (non-hydrogen) atoms. The van der Waals surface area contributed by atoms with Gasteiger partial charge in [0.2, 0.25) is 5.91 Å². The van der Waals surface area contributed by atoms with Gasteiger partial charge in [-0.05, 0) is 56.7 Å². The summed E-state index contributed by atoms with van der Waals surface area (Å²) in [5.74, 6) is -0.460. The Labute approximate surface area is 201 Å². The number of methoxy groups -OCH3 is 1. The lowest BCUT2D eigenvalue weighted by molar-refractivity contribution is -0.122. The van der Waals surface area contributed by atoms with Crippen molar-refractivity contribution >= 4 is 5.91 Å². The van der Waals surface area contributed by atoms with Crippen LogP contribution in [0.3, 0.4) is 0 Å². The summed E-state index contributed by atoms with van der Waals surface area (Å²) in [7, 11) is 1.69. The van der Waals surface area contributed by atoms with Gasteiger partial charge in [-0.25, -0.2) is 8.78 Å². The van der Waals surface area contributed by atoms with E-state index in [9.17, 15) is 13.6 Å². The van der Waals surface area contributed by atoms with E-state index in [1.165, 1.54) is 6.07 Å². The lowest BCUT2D eigenvalue weighted by Gasteiger charge is -2.29. The van der Waals surface area contributed by atoms with Crippen LogP contribution in [0.2, 0.25) is 0 Å². The number of nitrogens with one attached hydrogen (secondary N) is 4. The Hall–Kier alpha value is -2.23. The van der Waals surface area contributed by atoms with Gasteiger partial charge in [0, 0.05) is 44.0 Å². The van der Waals surface area contributed by atoms with Gasteiger partial charge in [0.1, 0.15) is 17.5 Å². The van der Waals surface area contributed by atoms with Gasteiger partial charge >= 0.3 is 0 Å². The number of hydrogen-bond acceptors (Lipinski definition) is 6. The molecule has 9 heteroatoms. The van der Waals surface area contributed by atoms with Crippen molar-refractivity contribution in [1.82, 2.24) is 26.2 Å². The predicted octanol–water partition coefficient (Wildman–Crippen LogP) is 2.37. The number of fused-ring (bicyclic) bond motifs is 1. The van der Waals surface area contributed by atoms with Gasteiger partial charge in [0.15, 0.2) is 0 Å². The molecule has 190 valence electrons. The maximum absolute atomic E-state index is 14.3. The number of halogens is 2. The number of ether oxygens (including phenoxy) is 1. The molecule has 0 spiro atoms. The molecule has 0 radical (unpaired) electrons. The number of carbonyl (C=O) groups excluding carboxylic acids is 1. The summed E-state index contributed by atoms with van der Waals surface area (Å²) < 4.78 is 33.0. The zero-order valence-electron chi connectivity index (χ0n) is 20.7. The molecule has 0 fully saturated rings. The molecule has 0 saturated heterocycles. The molecule has 1 aromatic carbocycles. The van der Waals surface area contributed by atoms with Crippen molar-refractivity contribution in [3.8, 4) is 0 Å². The SMILES string of the molecule is CCC[C@H](N[C@H]1CCc2cc(F)cc(F)c2C1)C(=O)NC1=CN([C@@H](C)CNC(C)COC)CN1. The zero-order valence-corrected chi connectivity index (χ0v) is 20.7. The average molecular weight is 480 g/mol. The van der Waals surface area contributed by atoms with Crippen molar-refractivity contribution in [2.24, 2.45) is 0 Å². The standard InChI is InChI=1S/C25H39F2N5O2/c1-5-6-23(30-20-8-7-18-9-19(26)10-22(27)21(18)11-20)25(33)31-24-13-32(15-29-24)17(3)12-28-16(2)14-34-4/h9-10,13,16-17,20,23,28-30H,5-8,11-12,14-15H2,1-4H3,(H,31,33)/t16?,17-,20-,23-/m0/s1. The van der Waals surface area contributed by atoms with Crippen molar-refractivity contribution < 1.29 is 18.3 Å². The fourth-order valence-electron chi connectivity index (χ4n) is 4.60. The fourth-order valence-corrected chi connectivity index (χ4v) is 4.60. The first-order valence-electron chi connectivity index (χ1n) is 12.3. The highest BCUT2D eigenvalue weighted by atomic mass is 19.1. The highest BCUT2D eigenvalue weighted by molar-refractivity contribution is 5.83. The second kappa shape index (κ2) is 12.5. The maximum Gasteiger partial charge on any atom is 0.242 e. The molecule has 1 aliphatic carbocycles. The largest absolute Gasteiger partial charge is 0.383 e. The zero-order chi connectivity index (χ0) is 24.7. The van der Waals surface area contributed by atoms with E-state index in [1.54, 1.807) is 7.11 Å². The lowest BCUT2D eigenvalue weighted by atomic mass is 9.87.